The van der Waals surface area contributed by atoms with E-state index >= 15 is 0 Å². The topological polar surface area (TPSA) is 29.9 Å². The fourth-order valence-electron chi connectivity index (χ4n) is 4.98. The van der Waals surface area contributed by atoms with Crippen LogP contribution in [0.3, 0.4) is 0 Å². The van der Waals surface area contributed by atoms with Gasteiger partial charge in [-0.2, -0.15) is 18.3 Å². The van der Waals surface area contributed by atoms with Crippen molar-refractivity contribution < 1.29 is 17.6 Å². The van der Waals surface area contributed by atoms with Crippen LogP contribution in [0.2, 0.25) is 0 Å². The number of benzene rings is 1. The van der Waals surface area contributed by atoms with Crippen molar-refractivity contribution in [1.29, 1.82) is 0 Å². The van der Waals surface area contributed by atoms with Crippen molar-refractivity contribution in [3.8, 4) is 5.69 Å². The van der Waals surface area contributed by atoms with E-state index in [1.165, 1.54) is 18.3 Å². The van der Waals surface area contributed by atoms with Gasteiger partial charge in [0.15, 0.2) is 5.69 Å². The zero-order chi connectivity index (χ0) is 20.9. The van der Waals surface area contributed by atoms with E-state index in [0.717, 1.165) is 48.3 Å². The predicted octanol–water partition coefficient (Wildman–Crippen LogP) is 5.65. The van der Waals surface area contributed by atoms with E-state index < -0.39 is 17.7 Å². The summed E-state index contributed by atoms with van der Waals surface area (Å²) in [5.74, 6) is -0.0487. The van der Waals surface area contributed by atoms with E-state index in [2.05, 4.69) is 22.6 Å². The molecule has 156 valence electrons. The lowest BCUT2D eigenvalue weighted by molar-refractivity contribution is -0.143. The quantitative estimate of drug-likeness (QED) is 0.508. The minimum absolute atomic E-state index is 0.0389. The molecule has 1 aliphatic heterocycles. The normalized spacial score (nSPS) is 25.7. The Balaban J connectivity index is 1.58. The third-order valence-corrected chi connectivity index (χ3v) is 6.49. The Morgan fingerprint density at radius 2 is 1.97 bits per heavy atom. The third kappa shape index (κ3) is 2.99. The van der Waals surface area contributed by atoms with Crippen LogP contribution in [0.4, 0.5) is 17.6 Å². The molecule has 30 heavy (non-hydrogen) atoms. The molecule has 5 rings (SSSR count). The van der Waals surface area contributed by atoms with Crippen molar-refractivity contribution in [2.75, 3.05) is 6.54 Å². The lowest BCUT2D eigenvalue weighted by atomic mass is 9.69. The first kappa shape index (κ1) is 19.2. The molecule has 2 aromatic rings. The smallest absolute Gasteiger partial charge is 0.387 e. The van der Waals surface area contributed by atoms with E-state index in [-0.39, 0.29) is 16.7 Å². The van der Waals surface area contributed by atoms with Crippen molar-refractivity contribution in [2.45, 2.75) is 31.9 Å². The number of hydrogen-bond donors (Lipinski definition) is 1. The van der Waals surface area contributed by atoms with Crippen molar-refractivity contribution in [2.24, 2.45) is 11.3 Å². The van der Waals surface area contributed by atoms with Gasteiger partial charge in [-0.15, -0.1) is 0 Å². The largest absolute Gasteiger partial charge is 0.434 e. The van der Waals surface area contributed by atoms with Gasteiger partial charge >= 0.3 is 6.18 Å². The summed E-state index contributed by atoms with van der Waals surface area (Å²) in [6.45, 7) is 0.845. The Bertz CT molecular complexity index is 1060. The summed E-state index contributed by atoms with van der Waals surface area (Å²) in [5, 5.41) is 7.45. The molecule has 1 saturated heterocycles. The number of halogens is 4. The van der Waals surface area contributed by atoms with Crippen LogP contribution in [0.5, 0.6) is 0 Å². The van der Waals surface area contributed by atoms with Gasteiger partial charge in [-0.3, -0.25) is 0 Å². The Morgan fingerprint density at radius 1 is 1.17 bits per heavy atom. The molecule has 0 radical (unpaired) electrons. The van der Waals surface area contributed by atoms with Gasteiger partial charge in [0.25, 0.3) is 0 Å². The summed E-state index contributed by atoms with van der Waals surface area (Å²) in [7, 11) is 0. The highest BCUT2D eigenvalue weighted by molar-refractivity contribution is 5.78. The second-order valence-electron chi connectivity index (χ2n) is 8.17. The molecule has 1 fully saturated rings. The summed E-state index contributed by atoms with van der Waals surface area (Å²) in [4.78, 5) is 0. The molecule has 0 saturated carbocycles. The molecular weight excluding hydrogens is 394 g/mol. The first-order valence-corrected chi connectivity index (χ1v) is 10.1. The van der Waals surface area contributed by atoms with E-state index in [1.807, 2.05) is 12.2 Å². The second-order valence-corrected chi connectivity index (χ2v) is 8.17. The minimum atomic E-state index is -4.61. The summed E-state index contributed by atoms with van der Waals surface area (Å²) < 4.78 is 56.2. The lowest BCUT2D eigenvalue weighted by Crippen LogP contribution is -2.27. The van der Waals surface area contributed by atoms with Gasteiger partial charge in [-0.25, -0.2) is 9.07 Å². The van der Waals surface area contributed by atoms with Gasteiger partial charge in [0, 0.05) is 23.2 Å². The van der Waals surface area contributed by atoms with Gasteiger partial charge < -0.3 is 5.32 Å². The van der Waals surface area contributed by atoms with E-state index in [1.54, 1.807) is 0 Å². The van der Waals surface area contributed by atoms with Crippen LogP contribution >= 0.6 is 0 Å². The minimum Gasteiger partial charge on any atom is -0.387 e. The number of hydrogen-bond acceptors (Lipinski definition) is 2. The fourth-order valence-corrected chi connectivity index (χ4v) is 4.98. The molecular formula is C23H21F4N3. The molecule has 2 heterocycles. The highest BCUT2D eigenvalue weighted by atomic mass is 19.4. The highest BCUT2D eigenvalue weighted by Gasteiger charge is 2.47. The van der Waals surface area contributed by atoms with Crippen LogP contribution < -0.4 is 5.32 Å². The number of nitrogens with zero attached hydrogens (tertiary/aromatic N) is 2. The molecule has 1 aromatic carbocycles. The Kier molecular flexibility index (Phi) is 4.38. The number of aromatic nitrogens is 2. The van der Waals surface area contributed by atoms with Gasteiger partial charge in [0.2, 0.25) is 0 Å². The van der Waals surface area contributed by atoms with Gasteiger partial charge in [-0.1, -0.05) is 18.2 Å². The molecule has 1 aromatic heterocycles. The molecule has 7 heteroatoms. The molecule has 0 amide bonds. The van der Waals surface area contributed by atoms with Crippen LogP contribution in [0, 0.1) is 17.2 Å². The van der Waals surface area contributed by atoms with Crippen molar-refractivity contribution in [3.63, 3.8) is 0 Å². The standard InChI is InChI=1S/C23H21F4N3/c24-17-5-7-18(8-6-17)30-21(23(25,26)27)19(14-29-30)15-9-11-22-10-3-1-2-4-16(22)13-28-20(22)12-15/h3,5-10,12,14,16,28H,1-2,4,11,13H2. The fraction of sp³-hybridized carbons (Fsp3) is 0.348. The van der Waals surface area contributed by atoms with E-state index in [4.69, 9.17) is 0 Å². The van der Waals surface area contributed by atoms with Crippen molar-refractivity contribution >= 4 is 5.57 Å². The third-order valence-electron chi connectivity index (χ3n) is 6.49. The van der Waals surface area contributed by atoms with Crippen LogP contribution in [0.25, 0.3) is 11.3 Å². The molecule has 0 bridgehead atoms. The van der Waals surface area contributed by atoms with Crippen LogP contribution in [-0.4, -0.2) is 16.3 Å². The monoisotopic (exact) mass is 415 g/mol. The van der Waals surface area contributed by atoms with Crippen LogP contribution in [0.15, 0.2) is 60.5 Å². The first-order valence-electron chi connectivity index (χ1n) is 10.1. The Hall–Kier alpha value is -2.83. The first-order chi connectivity index (χ1) is 14.4. The predicted molar refractivity (Wildman–Crippen MR) is 106 cm³/mol. The summed E-state index contributed by atoms with van der Waals surface area (Å²) in [6.07, 6.45) is 8.80. The maximum absolute atomic E-state index is 14.0. The molecule has 3 aliphatic rings. The SMILES string of the molecule is Fc1ccc(-n2ncc(C3=CCC45C=CCCCC4CNC5=C3)c2C(F)(F)F)cc1. The Morgan fingerprint density at radius 3 is 2.73 bits per heavy atom. The lowest BCUT2D eigenvalue weighted by Gasteiger charge is -2.34. The number of alkyl halides is 3. The average molecular weight is 415 g/mol. The number of nitrogens with one attached hydrogen (secondary N) is 1. The zero-order valence-corrected chi connectivity index (χ0v) is 16.2. The molecule has 2 atom stereocenters. The van der Waals surface area contributed by atoms with Crippen molar-refractivity contribution in [3.05, 3.63) is 77.5 Å². The van der Waals surface area contributed by atoms with Gasteiger partial charge in [-0.05, 0) is 67.5 Å². The summed E-state index contributed by atoms with van der Waals surface area (Å²) in [5.41, 5.74) is 0.732. The summed E-state index contributed by atoms with van der Waals surface area (Å²) >= 11 is 0. The van der Waals surface area contributed by atoms with Crippen LogP contribution in [0.1, 0.15) is 36.9 Å². The number of allylic oxidation sites excluding steroid dienone is 5. The van der Waals surface area contributed by atoms with E-state index in [0.29, 0.717) is 17.9 Å². The highest BCUT2D eigenvalue weighted by Crippen LogP contribution is 2.51. The van der Waals surface area contributed by atoms with Crippen molar-refractivity contribution in [1.82, 2.24) is 15.1 Å². The molecule has 2 unspecified atom stereocenters. The number of rotatable bonds is 2. The Labute approximate surface area is 171 Å². The van der Waals surface area contributed by atoms with Gasteiger partial charge in [0.05, 0.1) is 11.9 Å². The zero-order valence-electron chi connectivity index (χ0n) is 16.2. The molecule has 1 spiro atoms. The summed E-state index contributed by atoms with van der Waals surface area (Å²) in [6, 6.07) is 4.85. The van der Waals surface area contributed by atoms with Gasteiger partial charge in [0.1, 0.15) is 5.82 Å². The maximum atomic E-state index is 14.0. The molecule has 2 aliphatic carbocycles. The maximum Gasteiger partial charge on any atom is 0.434 e. The molecule has 3 nitrogen and oxygen atoms in total. The second kappa shape index (κ2) is 6.86. The molecule has 1 N–H and O–H groups in total. The van der Waals surface area contributed by atoms with Crippen LogP contribution in [-0.2, 0) is 6.18 Å². The average Bonchev–Trinajstić information content (AvgIpc) is 3.25. The van der Waals surface area contributed by atoms with E-state index in [9.17, 15) is 17.6 Å².